The van der Waals surface area contributed by atoms with Crippen molar-refractivity contribution >= 4 is 5.65 Å². The third kappa shape index (κ3) is 0.967. The summed E-state index contributed by atoms with van der Waals surface area (Å²) in [5.74, 6) is 0.908. The molecular weight excluding hydrogens is 152 g/mol. The van der Waals surface area contributed by atoms with Gasteiger partial charge in [-0.2, -0.15) is 0 Å². The smallest absolute Gasteiger partial charge is 0.195 e. The van der Waals surface area contributed by atoms with E-state index in [4.69, 9.17) is 0 Å². The average molecular weight is 163 g/mol. The monoisotopic (exact) mass is 163 g/mol. The van der Waals surface area contributed by atoms with Gasteiger partial charge in [-0.15, -0.1) is 10.2 Å². The average Bonchev–Trinajstić information content (AvgIpc) is 2.47. The van der Waals surface area contributed by atoms with Gasteiger partial charge in [-0.05, 0) is 19.1 Å². The van der Waals surface area contributed by atoms with Crippen molar-refractivity contribution in [2.75, 3.05) is 0 Å². The quantitative estimate of drug-likeness (QED) is 0.645. The van der Waals surface area contributed by atoms with Crippen LogP contribution in [0.4, 0.5) is 0 Å². The van der Waals surface area contributed by atoms with Gasteiger partial charge in [-0.3, -0.25) is 4.40 Å². The van der Waals surface area contributed by atoms with Gasteiger partial charge in [0.25, 0.3) is 0 Å². The number of pyridine rings is 1. The highest BCUT2D eigenvalue weighted by Gasteiger charge is 2.10. The minimum Gasteiger partial charge on any atom is -0.349 e. The highest BCUT2D eigenvalue weighted by Crippen LogP contribution is 2.06. The number of fused-ring (bicyclic) bond motifs is 1. The maximum Gasteiger partial charge on any atom is 0.195 e. The molecule has 3 N–H and O–H groups in total. The third-order valence-electron chi connectivity index (χ3n) is 1.78. The van der Waals surface area contributed by atoms with Gasteiger partial charge >= 0.3 is 0 Å². The largest absolute Gasteiger partial charge is 0.349 e. The lowest BCUT2D eigenvalue weighted by atomic mass is 10.3. The zero-order valence-corrected chi connectivity index (χ0v) is 6.94. The van der Waals surface area contributed by atoms with Crippen LogP contribution in [0.25, 0.3) is 5.65 Å². The minimum atomic E-state index is 0.169. The predicted octanol–water partition coefficient (Wildman–Crippen LogP) is 0.0322. The summed E-state index contributed by atoms with van der Waals surface area (Å²) in [5.41, 5.74) is 4.79. The first-order valence-electron chi connectivity index (χ1n) is 3.92. The van der Waals surface area contributed by atoms with Crippen LogP contribution in [0.3, 0.4) is 0 Å². The molecule has 2 heterocycles. The zero-order chi connectivity index (χ0) is 8.55. The number of aromatic nitrogens is 3. The van der Waals surface area contributed by atoms with E-state index in [0.717, 1.165) is 11.5 Å². The van der Waals surface area contributed by atoms with Crippen molar-refractivity contribution in [3.8, 4) is 0 Å². The van der Waals surface area contributed by atoms with Gasteiger partial charge in [-0.25, -0.2) is 0 Å². The molecule has 0 fully saturated rings. The summed E-state index contributed by atoms with van der Waals surface area (Å²) in [5, 5.41) is 8.06. The molecule has 0 aromatic carbocycles. The summed E-state index contributed by atoms with van der Waals surface area (Å²) < 4.78 is 1.96. The molecule has 12 heavy (non-hydrogen) atoms. The highest BCUT2D eigenvalue weighted by molar-refractivity contribution is 5.37. The van der Waals surface area contributed by atoms with Gasteiger partial charge in [0.1, 0.15) is 6.04 Å². The van der Waals surface area contributed by atoms with Crippen LogP contribution in [-0.2, 0) is 0 Å². The molecule has 0 radical (unpaired) electrons. The Balaban J connectivity index is 2.70. The normalized spacial score (nSPS) is 13.5. The van der Waals surface area contributed by atoms with Crippen molar-refractivity contribution < 1.29 is 5.73 Å². The summed E-state index contributed by atoms with van der Waals surface area (Å²) in [7, 11) is 0. The van der Waals surface area contributed by atoms with E-state index < -0.39 is 0 Å². The highest BCUT2D eigenvalue weighted by atomic mass is 15.3. The number of hydrogen-bond donors (Lipinski definition) is 1. The molecule has 2 aromatic heterocycles. The lowest BCUT2D eigenvalue weighted by molar-refractivity contribution is -0.422. The molecule has 1 atom stereocenters. The Bertz CT molecular complexity index is 391. The standard InChI is InChI=1S/C8H10N4/c1-6(9)8-11-10-7-4-2-3-5-12(7)8/h2-6H,9H2,1H3/p+1/t6-/m0/s1. The van der Waals surface area contributed by atoms with Gasteiger partial charge in [-0.1, -0.05) is 6.07 Å². The van der Waals surface area contributed by atoms with Crippen LogP contribution >= 0.6 is 0 Å². The molecule has 62 valence electrons. The van der Waals surface area contributed by atoms with Crippen molar-refractivity contribution in [2.24, 2.45) is 0 Å². The summed E-state index contributed by atoms with van der Waals surface area (Å²) in [6.07, 6.45) is 1.95. The van der Waals surface area contributed by atoms with E-state index in [0.29, 0.717) is 0 Å². The Morgan fingerprint density at radius 2 is 2.25 bits per heavy atom. The van der Waals surface area contributed by atoms with E-state index >= 15 is 0 Å². The van der Waals surface area contributed by atoms with Crippen LogP contribution in [0.2, 0.25) is 0 Å². The van der Waals surface area contributed by atoms with Crippen molar-refractivity contribution in [3.63, 3.8) is 0 Å². The Morgan fingerprint density at radius 3 is 3.00 bits per heavy atom. The Hall–Kier alpha value is -1.42. The minimum absolute atomic E-state index is 0.169. The molecule has 0 amide bonds. The van der Waals surface area contributed by atoms with Gasteiger partial charge in [0.2, 0.25) is 0 Å². The molecule has 0 aliphatic rings. The second-order valence-electron chi connectivity index (χ2n) is 2.89. The first kappa shape index (κ1) is 7.24. The van der Waals surface area contributed by atoms with Crippen molar-refractivity contribution in [3.05, 3.63) is 30.2 Å². The Kier molecular flexibility index (Phi) is 1.55. The van der Waals surface area contributed by atoms with E-state index in [1.807, 2.05) is 35.7 Å². The van der Waals surface area contributed by atoms with Gasteiger partial charge < -0.3 is 5.73 Å². The van der Waals surface area contributed by atoms with Crippen LogP contribution in [0, 0.1) is 0 Å². The lowest BCUT2D eigenvalue weighted by Gasteiger charge is -1.98. The molecule has 0 spiro atoms. The molecule has 0 unspecified atom stereocenters. The maximum absolute atomic E-state index is 4.05. The van der Waals surface area contributed by atoms with Gasteiger partial charge in [0.05, 0.1) is 0 Å². The zero-order valence-electron chi connectivity index (χ0n) is 6.94. The molecule has 0 saturated carbocycles. The van der Waals surface area contributed by atoms with E-state index in [1.54, 1.807) is 0 Å². The number of rotatable bonds is 1. The van der Waals surface area contributed by atoms with E-state index in [-0.39, 0.29) is 6.04 Å². The SMILES string of the molecule is C[C@H]([NH3+])c1nnc2ccccn12. The first-order valence-corrected chi connectivity index (χ1v) is 3.92. The van der Waals surface area contributed by atoms with Crippen molar-refractivity contribution in [1.82, 2.24) is 14.6 Å². The molecule has 0 bridgehead atoms. The number of nitrogens with zero attached hydrogens (tertiary/aromatic N) is 3. The van der Waals surface area contributed by atoms with Crippen LogP contribution in [0.15, 0.2) is 24.4 Å². The first-order chi connectivity index (χ1) is 5.79. The van der Waals surface area contributed by atoms with E-state index in [1.165, 1.54) is 0 Å². The molecule has 0 saturated heterocycles. The molecule has 0 aliphatic heterocycles. The summed E-state index contributed by atoms with van der Waals surface area (Å²) >= 11 is 0. The molecular formula is C8H11N4+. The van der Waals surface area contributed by atoms with Gasteiger partial charge in [0.15, 0.2) is 11.5 Å². The predicted molar refractivity (Wildman–Crippen MR) is 44.3 cm³/mol. The summed E-state index contributed by atoms with van der Waals surface area (Å²) in [6, 6.07) is 6.00. The van der Waals surface area contributed by atoms with E-state index in [2.05, 4.69) is 15.9 Å². The molecule has 4 heteroatoms. The lowest BCUT2D eigenvalue weighted by Crippen LogP contribution is -2.52. The maximum atomic E-state index is 4.05. The molecule has 0 aliphatic carbocycles. The fourth-order valence-corrected chi connectivity index (χ4v) is 1.20. The van der Waals surface area contributed by atoms with Crippen LogP contribution in [0.1, 0.15) is 18.8 Å². The Labute approximate surface area is 70.0 Å². The van der Waals surface area contributed by atoms with Gasteiger partial charge in [0, 0.05) is 6.20 Å². The number of hydrogen-bond acceptors (Lipinski definition) is 2. The Morgan fingerprint density at radius 1 is 1.42 bits per heavy atom. The fraction of sp³-hybridized carbons (Fsp3) is 0.250. The fourth-order valence-electron chi connectivity index (χ4n) is 1.20. The second kappa shape index (κ2) is 2.57. The van der Waals surface area contributed by atoms with Crippen LogP contribution < -0.4 is 5.73 Å². The molecule has 2 aromatic rings. The van der Waals surface area contributed by atoms with Crippen molar-refractivity contribution in [1.29, 1.82) is 0 Å². The summed E-state index contributed by atoms with van der Waals surface area (Å²) in [4.78, 5) is 0. The topological polar surface area (TPSA) is 57.8 Å². The van der Waals surface area contributed by atoms with E-state index in [9.17, 15) is 0 Å². The van der Waals surface area contributed by atoms with Crippen LogP contribution in [0.5, 0.6) is 0 Å². The number of quaternary nitrogens is 1. The van der Waals surface area contributed by atoms with Crippen molar-refractivity contribution in [2.45, 2.75) is 13.0 Å². The molecule has 4 nitrogen and oxygen atoms in total. The third-order valence-corrected chi connectivity index (χ3v) is 1.78. The summed E-state index contributed by atoms with van der Waals surface area (Å²) in [6.45, 7) is 2.00. The second-order valence-corrected chi connectivity index (χ2v) is 2.89. The van der Waals surface area contributed by atoms with Crippen LogP contribution in [-0.4, -0.2) is 14.6 Å². The molecule has 2 rings (SSSR count).